The average Bonchev–Trinajstić information content (AvgIpc) is 3.03. The highest BCUT2D eigenvalue weighted by molar-refractivity contribution is 7.99. The van der Waals surface area contributed by atoms with Gasteiger partial charge in [-0.15, -0.1) is 11.8 Å². The van der Waals surface area contributed by atoms with Crippen LogP contribution in [-0.2, 0) is 17.4 Å². The number of halogens is 4. The molecule has 1 amide bonds. The van der Waals surface area contributed by atoms with E-state index in [0.717, 1.165) is 18.0 Å². The number of carbonyl (C=O) groups is 1. The van der Waals surface area contributed by atoms with Crippen molar-refractivity contribution in [3.63, 3.8) is 0 Å². The van der Waals surface area contributed by atoms with Crippen LogP contribution in [0.4, 0.5) is 13.2 Å². The van der Waals surface area contributed by atoms with E-state index in [-0.39, 0.29) is 10.9 Å². The average molecular weight is 379 g/mol. The Hall–Kier alpha value is -1.67. The molecule has 0 saturated heterocycles. The SMILES string of the molecule is O=C(CCc1ccco1)NCCSc1ncc(C(F)(F)F)cc1Cl. The van der Waals surface area contributed by atoms with Crippen LogP contribution in [0.2, 0.25) is 5.02 Å². The molecule has 0 atom stereocenters. The van der Waals surface area contributed by atoms with Crippen molar-refractivity contribution in [2.24, 2.45) is 0 Å². The molecule has 1 N–H and O–H groups in total. The fourth-order valence-electron chi connectivity index (χ4n) is 1.80. The summed E-state index contributed by atoms with van der Waals surface area (Å²) in [7, 11) is 0. The van der Waals surface area contributed by atoms with Gasteiger partial charge in [-0.1, -0.05) is 11.6 Å². The number of thioether (sulfide) groups is 1. The Morgan fingerprint density at radius 3 is 2.83 bits per heavy atom. The summed E-state index contributed by atoms with van der Waals surface area (Å²) in [5.41, 5.74) is -0.886. The van der Waals surface area contributed by atoms with Crippen molar-refractivity contribution in [3.8, 4) is 0 Å². The highest BCUT2D eigenvalue weighted by atomic mass is 35.5. The molecule has 0 aliphatic carbocycles. The van der Waals surface area contributed by atoms with Crippen LogP contribution in [0.1, 0.15) is 17.7 Å². The molecule has 0 spiro atoms. The lowest BCUT2D eigenvalue weighted by Crippen LogP contribution is -2.25. The van der Waals surface area contributed by atoms with Crippen LogP contribution < -0.4 is 5.32 Å². The first kappa shape index (κ1) is 18.7. The van der Waals surface area contributed by atoms with E-state index in [1.54, 1.807) is 18.4 Å². The van der Waals surface area contributed by atoms with Crippen LogP contribution in [0.5, 0.6) is 0 Å². The molecular formula is C15H14ClF3N2O2S. The maximum Gasteiger partial charge on any atom is 0.417 e. The molecular weight excluding hydrogens is 365 g/mol. The number of rotatable bonds is 7. The van der Waals surface area contributed by atoms with Crippen LogP contribution in [0.3, 0.4) is 0 Å². The predicted octanol–water partition coefficient (Wildman–Crippen LogP) is 4.19. The fraction of sp³-hybridized carbons (Fsp3) is 0.333. The molecule has 4 nitrogen and oxygen atoms in total. The van der Waals surface area contributed by atoms with E-state index >= 15 is 0 Å². The van der Waals surface area contributed by atoms with Gasteiger partial charge in [-0.25, -0.2) is 4.98 Å². The second-order valence-corrected chi connectivity index (χ2v) is 6.28. The lowest BCUT2D eigenvalue weighted by Gasteiger charge is -2.09. The van der Waals surface area contributed by atoms with Gasteiger partial charge in [0.1, 0.15) is 10.8 Å². The number of nitrogens with one attached hydrogen (secondary N) is 1. The van der Waals surface area contributed by atoms with Crippen molar-refractivity contribution in [3.05, 3.63) is 47.0 Å². The number of aromatic nitrogens is 1. The van der Waals surface area contributed by atoms with Crippen LogP contribution in [-0.4, -0.2) is 23.2 Å². The predicted molar refractivity (Wildman–Crippen MR) is 85.0 cm³/mol. The van der Waals surface area contributed by atoms with Gasteiger partial charge in [0, 0.05) is 31.3 Å². The number of aryl methyl sites for hydroxylation is 1. The number of alkyl halides is 3. The Morgan fingerprint density at radius 1 is 1.42 bits per heavy atom. The summed E-state index contributed by atoms with van der Waals surface area (Å²) < 4.78 is 42.7. The van der Waals surface area contributed by atoms with Crippen LogP contribution in [0.25, 0.3) is 0 Å². The second kappa shape index (κ2) is 8.43. The second-order valence-electron chi connectivity index (χ2n) is 4.79. The van der Waals surface area contributed by atoms with Crippen molar-refractivity contribution < 1.29 is 22.4 Å². The van der Waals surface area contributed by atoms with E-state index in [0.29, 0.717) is 30.2 Å². The quantitative estimate of drug-likeness (QED) is 0.580. The molecule has 9 heteroatoms. The molecule has 0 aliphatic rings. The topological polar surface area (TPSA) is 55.1 Å². The van der Waals surface area contributed by atoms with Gasteiger partial charge >= 0.3 is 6.18 Å². The Morgan fingerprint density at radius 2 is 2.21 bits per heavy atom. The Labute approximate surface area is 145 Å². The van der Waals surface area contributed by atoms with E-state index in [4.69, 9.17) is 16.0 Å². The largest absolute Gasteiger partial charge is 0.469 e. The molecule has 0 unspecified atom stereocenters. The molecule has 24 heavy (non-hydrogen) atoms. The van der Waals surface area contributed by atoms with Crippen molar-refractivity contribution in [2.75, 3.05) is 12.3 Å². The Bertz CT molecular complexity index is 678. The Balaban J connectivity index is 1.71. The summed E-state index contributed by atoms with van der Waals surface area (Å²) in [4.78, 5) is 15.4. The van der Waals surface area contributed by atoms with Crippen molar-refractivity contribution >= 4 is 29.3 Å². The third-order valence-corrected chi connectivity index (χ3v) is 4.38. The molecule has 130 valence electrons. The molecule has 0 radical (unpaired) electrons. The molecule has 2 aromatic rings. The standard InChI is InChI=1S/C15H14ClF3N2O2S/c16-12-8-10(15(17,18)19)9-21-14(12)24-7-5-20-13(22)4-3-11-2-1-6-23-11/h1-2,6,8-9H,3-5,7H2,(H,20,22). The van der Waals surface area contributed by atoms with Gasteiger partial charge in [0.2, 0.25) is 5.91 Å². The fourth-order valence-corrected chi connectivity index (χ4v) is 2.86. The number of nitrogens with zero attached hydrogens (tertiary/aromatic N) is 1. The van der Waals surface area contributed by atoms with E-state index in [1.165, 1.54) is 11.8 Å². The smallest absolute Gasteiger partial charge is 0.417 e. The molecule has 2 rings (SSSR count). The Kier molecular flexibility index (Phi) is 6.56. The molecule has 0 bridgehead atoms. The zero-order valence-corrected chi connectivity index (χ0v) is 14.0. The summed E-state index contributed by atoms with van der Waals surface area (Å²) in [5, 5.41) is 2.96. The summed E-state index contributed by atoms with van der Waals surface area (Å²) in [5.74, 6) is 1.06. The highest BCUT2D eigenvalue weighted by Gasteiger charge is 2.31. The number of carbonyl (C=O) groups excluding carboxylic acids is 1. The highest BCUT2D eigenvalue weighted by Crippen LogP contribution is 2.33. The monoisotopic (exact) mass is 378 g/mol. The van der Waals surface area contributed by atoms with Gasteiger partial charge in [0.25, 0.3) is 0 Å². The zero-order chi connectivity index (χ0) is 17.6. The number of hydrogen-bond acceptors (Lipinski definition) is 4. The number of pyridine rings is 1. The molecule has 0 saturated carbocycles. The van der Waals surface area contributed by atoms with E-state index in [2.05, 4.69) is 10.3 Å². The van der Waals surface area contributed by atoms with E-state index in [1.807, 2.05) is 0 Å². The summed E-state index contributed by atoms with van der Waals surface area (Å²) in [6.45, 7) is 0.362. The minimum Gasteiger partial charge on any atom is -0.469 e. The van der Waals surface area contributed by atoms with E-state index < -0.39 is 11.7 Å². The normalized spacial score (nSPS) is 11.5. The van der Waals surface area contributed by atoms with Gasteiger partial charge in [-0.05, 0) is 18.2 Å². The first-order chi connectivity index (χ1) is 11.4. The van der Waals surface area contributed by atoms with Crippen LogP contribution in [0, 0.1) is 0 Å². The molecule has 2 heterocycles. The van der Waals surface area contributed by atoms with Gasteiger partial charge in [0.05, 0.1) is 16.8 Å². The van der Waals surface area contributed by atoms with Crippen molar-refractivity contribution in [2.45, 2.75) is 24.0 Å². The first-order valence-corrected chi connectivity index (χ1v) is 8.37. The molecule has 2 aromatic heterocycles. The summed E-state index contributed by atoms with van der Waals surface area (Å²) >= 11 is 6.98. The van der Waals surface area contributed by atoms with Crippen molar-refractivity contribution in [1.82, 2.24) is 10.3 Å². The zero-order valence-electron chi connectivity index (χ0n) is 12.4. The molecule has 0 aromatic carbocycles. The number of amides is 1. The number of hydrogen-bond donors (Lipinski definition) is 1. The minimum absolute atomic E-state index is 0.0565. The third kappa shape index (κ3) is 5.76. The maximum atomic E-state index is 12.5. The first-order valence-electron chi connectivity index (χ1n) is 7.01. The third-order valence-electron chi connectivity index (χ3n) is 2.98. The summed E-state index contributed by atoms with van der Waals surface area (Å²) in [6.07, 6.45) is -1.36. The van der Waals surface area contributed by atoms with E-state index in [9.17, 15) is 18.0 Å². The minimum atomic E-state index is -4.47. The molecule has 0 aliphatic heterocycles. The molecule has 0 fully saturated rings. The van der Waals surface area contributed by atoms with Crippen molar-refractivity contribution in [1.29, 1.82) is 0 Å². The van der Waals surface area contributed by atoms with Gasteiger partial charge < -0.3 is 9.73 Å². The van der Waals surface area contributed by atoms with Gasteiger partial charge in [-0.3, -0.25) is 4.79 Å². The van der Waals surface area contributed by atoms with Crippen LogP contribution >= 0.6 is 23.4 Å². The lowest BCUT2D eigenvalue weighted by atomic mass is 10.2. The van der Waals surface area contributed by atoms with Crippen LogP contribution in [0.15, 0.2) is 40.1 Å². The summed E-state index contributed by atoms with van der Waals surface area (Å²) in [6, 6.07) is 4.39. The number of furan rings is 1. The lowest BCUT2D eigenvalue weighted by molar-refractivity contribution is -0.137. The maximum absolute atomic E-state index is 12.5. The van der Waals surface area contributed by atoms with Gasteiger partial charge in [0.15, 0.2) is 0 Å². The van der Waals surface area contributed by atoms with Gasteiger partial charge in [-0.2, -0.15) is 13.2 Å².